The molecule has 1 atom stereocenters. The zero-order valence-corrected chi connectivity index (χ0v) is 8.69. The van der Waals surface area contributed by atoms with Gasteiger partial charge in [-0.15, -0.1) is 0 Å². The number of halogens is 1. The molecule has 0 N–H and O–H groups in total. The van der Waals surface area contributed by atoms with Gasteiger partial charge >= 0.3 is 6.16 Å². The van der Waals surface area contributed by atoms with Crippen molar-refractivity contribution < 1.29 is 14.3 Å². The maximum absolute atomic E-state index is 10.8. The fourth-order valence-electron chi connectivity index (χ4n) is 0.991. The lowest BCUT2D eigenvalue weighted by molar-refractivity contribution is 0.0544. The van der Waals surface area contributed by atoms with Gasteiger partial charge in [0, 0.05) is 10.6 Å². The quantitative estimate of drug-likeness (QED) is 0.726. The van der Waals surface area contributed by atoms with Crippen LogP contribution in [0.15, 0.2) is 24.3 Å². The molecule has 0 spiro atoms. The smallest absolute Gasteiger partial charge is 0.438 e. The first-order valence-electron chi connectivity index (χ1n) is 4.07. The van der Waals surface area contributed by atoms with Crippen LogP contribution >= 0.6 is 11.6 Å². The highest BCUT2D eigenvalue weighted by molar-refractivity contribution is 6.31. The second-order valence-electron chi connectivity index (χ2n) is 2.60. The van der Waals surface area contributed by atoms with Gasteiger partial charge in [-0.25, -0.2) is 4.79 Å². The van der Waals surface area contributed by atoms with Crippen LogP contribution in [-0.4, -0.2) is 13.3 Å². The lowest BCUT2D eigenvalue weighted by atomic mass is 10.1. The van der Waals surface area contributed by atoms with Crippen LogP contribution in [0.5, 0.6) is 0 Å². The summed E-state index contributed by atoms with van der Waals surface area (Å²) in [6.45, 7) is 0. The lowest BCUT2D eigenvalue weighted by Gasteiger charge is -2.10. The molecular formula is C10H8ClNO3. The van der Waals surface area contributed by atoms with Crippen molar-refractivity contribution in [3.8, 4) is 6.07 Å². The van der Waals surface area contributed by atoms with Gasteiger partial charge in [0.25, 0.3) is 0 Å². The first-order valence-corrected chi connectivity index (χ1v) is 4.45. The Morgan fingerprint density at radius 1 is 1.53 bits per heavy atom. The zero-order valence-electron chi connectivity index (χ0n) is 7.94. The van der Waals surface area contributed by atoms with E-state index in [1.165, 1.54) is 7.11 Å². The highest BCUT2D eigenvalue weighted by atomic mass is 35.5. The molecule has 0 aliphatic heterocycles. The van der Waals surface area contributed by atoms with Gasteiger partial charge in [-0.3, -0.25) is 0 Å². The summed E-state index contributed by atoms with van der Waals surface area (Å²) in [7, 11) is 1.17. The van der Waals surface area contributed by atoms with Crippen molar-refractivity contribution in [3.05, 3.63) is 34.9 Å². The topological polar surface area (TPSA) is 59.3 Å². The van der Waals surface area contributed by atoms with Crippen molar-refractivity contribution in [2.75, 3.05) is 7.11 Å². The van der Waals surface area contributed by atoms with Crippen molar-refractivity contribution in [1.82, 2.24) is 0 Å². The second kappa shape index (κ2) is 5.23. The Kier molecular flexibility index (Phi) is 3.95. The Hall–Kier alpha value is -1.73. The minimum absolute atomic E-state index is 0.368. The Balaban J connectivity index is 2.89. The number of rotatable bonds is 2. The monoisotopic (exact) mass is 225 g/mol. The van der Waals surface area contributed by atoms with E-state index in [1.54, 1.807) is 24.3 Å². The average molecular weight is 226 g/mol. The molecular weight excluding hydrogens is 218 g/mol. The van der Waals surface area contributed by atoms with Gasteiger partial charge < -0.3 is 9.47 Å². The van der Waals surface area contributed by atoms with Gasteiger partial charge in [0.1, 0.15) is 6.07 Å². The lowest BCUT2D eigenvalue weighted by Crippen LogP contribution is -2.10. The highest BCUT2D eigenvalue weighted by Crippen LogP contribution is 2.25. The maximum Gasteiger partial charge on any atom is 0.509 e. The summed E-state index contributed by atoms with van der Waals surface area (Å²) in [5, 5.41) is 9.18. The summed E-state index contributed by atoms with van der Waals surface area (Å²) in [6, 6.07) is 8.46. The van der Waals surface area contributed by atoms with E-state index in [0.29, 0.717) is 10.6 Å². The van der Waals surface area contributed by atoms with E-state index in [4.69, 9.17) is 21.6 Å². The van der Waals surface area contributed by atoms with Crippen molar-refractivity contribution in [3.63, 3.8) is 0 Å². The minimum atomic E-state index is -1.05. The Labute approximate surface area is 92.0 Å². The molecule has 1 rings (SSSR count). The van der Waals surface area contributed by atoms with E-state index in [9.17, 15) is 4.79 Å². The molecule has 0 saturated heterocycles. The molecule has 0 radical (unpaired) electrons. The number of nitriles is 1. The van der Waals surface area contributed by atoms with E-state index >= 15 is 0 Å². The third kappa shape index (κ3) is 2.86. The molecule has 4 nitrogen and oxygen atoms in total. The summed E-state index contributed by atoms with van der Waals surface area (Å²) in [5.41, 5.74) is 0.437. The van der Waals surface area contributed by atoms with Gasteiger partial charge in [0.2, 0.25) is 6.10 Å². The van der Waals surface area contributed by atoms with E-state index in [0.717, 1.165) is 0 Å². The predicted octanol–water partition coefficient (Wildman–Crippen LogP) is 2.69. The molecule has 0 aliphatic carbocycles. The largest absolute Gasteiger partial charge is 0.509 e. The van der Waals surface area contributed by atoms with Crippen LogP contribution in [0.25, 0.3) is 0 Å². The van der Waals surface area contributed by atoms with Crippen LogP contribution < -0.4 is 0 Å². The SMILES string of the molecule is COC(=O)O[C@@H](C#N)c1ccccc1Cl. The number of methoxy groups -OCH3 is 1. The third-order valence-electron chi connectivity index (χ3n) is 1.69. The molecule has 0 fully saturated rings. The molecule has 0 amide bonds. The maximum atomic E-state index is 10.8. The molecule has 0 unspecified atom stereocenters. The molecule has 0 aromatic heterocycles. The van der Waals surface area contributed by atoms with Crippen LogP contribution in [0.3, 0.4) is 0 Å². The van der Waals surface area contributed by atoms with Gasteiger partial charge in [0.15, 0.2) is 0 Å². The first-order chi connectivity index (χ1) is 7.19. The van der Waals surface area contributed by atoms with Crippen molar-refractivity contribution in [2.24, 2.45) is 0 Å². The molecule has 0 heterocycles. The van der Waals surface area contributed by atoms with Crippen molar-refractivity contribution >= 4 is 17.8 Å². The molecule has 78 valence electrons. The number of nitrogens with zero attached hydrogens (tertiary/aromatic N) is 1. The number of hydrogen-bond acceptors (Lipinski definition) is 4. The Morgan fingerprint density at radius 3 is 2.73 bits per heavy atom. The predicted molar refractivity (Wildman–Crippen MR) is 53.3 cm³/mol. The van der Waals surface area contributed by atoms with Crippen molar-refractivity contribution in [2.45, 2.75) is 6.10 Å². The molecule has 15 heavy (non-hydrogen) atoms. The number of hydrogen-bond donors (Lipinski definition) is 0. The van der Waals surface area contributed by atoms with Gasteiger partial charge in [-0.2, -0.15) is 5.26 Å². The number of ether oxygens (including phenoxy) is 2. The van der Waals surface area contributed by atoms with E-state index < -0.39 is 12.3 Å². The molecule has 1 aromatic carbocycles. The first kappa shape index (κ1) is 11.3. The van der Waals surface area contributed by atoms with Gasteiger partial charge in [-0.1, -0.05) is 29.8 Å². The number of carbonyl (C=O) groups excluding carboxylic acids is 1. The molecule has 0 bridgehead atoms. The minimum Gasteiger partial charge on any atom is -0.438 e. The molecule has 5 heteroatoms. The van der Waals surface area contributed by atoms with Crippen LogP contribution in [-0.2, 0) is 9.47 Å². The standard InChI is InChI=1S/C10H8ClNO3/c1-14-10(13)15-9(6-12)7-4-2-3-5-8(7)11/h2-5,9H,1H3/t9-/m0/s1. The summed E-state index contributed by atoms with van der Waals surface area (Å²) >= 11 is 5.84. The highest BCUT2D eigenvalue weighted by Gasteiger charge is 2.18. The van der Waals surface area contributed by atoms with Gasteiger partial charge in [-0.05, 0) is 6.07 Å². The molecule has 1 aromatic rings. The molecule has 0 saturated carbocycles. The Bertz CT molecular complexity index is 400. The normalized spacial score (nSPS) is 11.3. The number of carbonyl (C=O) groups is 1. The van der Waals surface area contributed by atoms with E-state index in [2.05, 4.69) is 4.74 Å². The van der Waals surface area contributed by atoms with Gasteiger partial charge in [0.05, 0.1) is 7.11 Å². The zero-order chi connectivity index (χ0) is 11.3. The van der Waals surface area contributed by atoms with E-state index in [-0.39, 0.29) is 0 Å². The van der Waals surface area contributed by atoms with Crippen molar-refractivity contribution in [1.29, 1.82) is 5.26 Å². The summed E-state index contributed by atoms with van der Waals surface area (Å²) < 4.78 is 9.00. The van der Waals surface area contributed by atoms with E-state index in [1.807, 2.05) is 6.07 Å². The van der Waals surface area contributed by atoms with Crippen LogP contribution in [0, 0.1) is 11.3 Å². The summed E-state index contributed by atoms with van der Waals surface area (Å²) in [4.78, 5) is 10.8. The Morgan fingerprint density at radius 2 is 2.20 bits per heavy atom. The molecule has 0 aliphatic rings. The summed E-state index contributed by atoms with van der Waals surface area (Å²) in [6.07, 6.45) is -1.97. The second-order valence-corrected chi connectivity index (χ2v) is 3.01. The summed E-state index contributed by atoms with van der Waals surface area (Å²) in [5.74, 6) is 0. The third-order valence-corrected chi connectivity index (χ3v) is 2.03. The van der Waals surface area contributed by atoms with Crippen LogP contribution in [0.1, 0.15) is 11.7 Å². The fraction of sp³-hybridized carbons (Fsp3) is 0.200. The van der Waals surface area contributed by atoms with Crippen LogP contribution in [0.4, 0.5) is 4.79 Å². The number of benzene rings is 1. The fourth-order valence-corrected chi connectivity index (χ4v) is 1.23. The van der Waals surface area contributed by atoms with Crippen LogP contribution in [0.2, 0.25) is 5.02 Å². The average Bonchev–Trinajstić information content (AvgIpc) is 2.26.